The summed E-state index contributed by atoms with van der Waals surface area (Å²) in [6, 6.07) is 7.06. The Bertz CT molecular complexity index is 529. The number of thioether (sulfide) groups is 1. The molecule has 1 aromatic carbocycles. The van der Waals surface area contributed by atoms with Gasteiger partial charge in [0.2, 0.25) is 5.91 Å². The fraction of sp³-hybridized carbons (Fsp3) is 0.562. The first kappa shape index (κ1) is 15.2. The molecule has 0 radical (unpaired) electrons. The number of benzene rings is 1. The van der Waals surface area contributed by atoms with Gasteiger partial charge in [0.25, 0.3) is 0 Å². The number of halogens is 1. The molecule has 1 saturated carbocycles. The number of fused-ring (bicyclic) bond motifs is 1. The van der Waals surface area contributed by atoms with E-state index in [0.29, 0.717) is 12.1 Å². The molecule has 114 valence electrons. The molecule has 1 heterocycles. The minimum Gasteiger partial charge on any atom is -0.369 e. The highest BCUT2D eigenvalue weighted by atomic mass is 35.5. The smallest absolute Gasteiger partial charge is 0.220 e. The number of hydrogen-bond donors (Lipinski definition) is 2. The maximum Gasteiger partial charge on any atom is 0.220 e. The van der Waals surface area contributed by atoms with Crippen molar-refractivity contribution in [1.82, 2.24) is 5.32 Å². The molecule has 1 aliphatic heterocycles. The average molecular weight is 325 g/mol. The molecule has 5 heteroatoms. The predicted octanol–water partition coefficient (Wildman–Crippen LogP) is 3.51. The predicted molar refractivity (Wildman–Crippen MR) is 87.6 cm³/mol. The Morgan fingerprint density at radius 3 is 2.71 bits per heavy atom. The van der Waals surface area contributed by atoms with Crippen molar-refractivity contribution in [3.05, 3.63) is 28.8 Å². The molecule has 0 spiro atoms. The van der Waals surface area contributed by atoms with E-state index in [0.717, 1.165) is 42.9 Å². The van der Waals surface area contributed by atoms with Crippen molar-refractivity contribution in [3.8, 4) is 0 Å². The Morgan fingerprint density at radius 1 is 1.24 bits per heavy atom. The summed E-state index contributed by atoms with van der Waals surface area (Å²) in [6.07, 6.45) is 5.03. The lowest BCUT2D eigenvalue weighted by Gasteiger charge is -2.33. The first-order valence-corrected chi connectivity index (χ1v) is 8.97. The average Bonchev–Trinajstić information content (AvgIpc) is 2.48. The first-order chi connectivity index (χ1) is 10.1. The lowest BCUT2D eigenvalue weighted by molar-refractivity contribution is -0.122. The number of carbonyl (C=O) groups excluding carboxylic acids is 1. The third-order valence-electron chi connectivity index (χ3n) is 4.58. The van der Waals surface area contributed by atoms with Crippen LogP contribution in [0.5, 0.6) is 0 Å². The topological polar surface area (TPSA) is 55.1 Å². The van der Waals surface area contributed by atoms with Crippen LogP contribution in [0.2, 0.25) is 5.02 Å². The van der Waals surface area contributed by atoms with E-state index >= 15 is 0 Å². The molecule has 0 bridgehead atoms. The van der Waals surface area contributed by atoms with Gasteiger partial charge < -0.3 is 11.1 Å². The molecular formula is C16H21ClN2OS. The van der Waals surface area contributed by atoms with Crippen LogP contribution in [0.1, 0.15) is 43.7 Å². The molecule has 0 aromatic heterocycles. The van der Waals surface area contributed by atoms with Crippen LogP contribution < -0.4 is 11.1 Å². The molecule has 3 N–H and O–H groups in total. The van der Waals surface area contributed by atoms with Crippen LogP contribution in [0.15, 0.2) is 23.1 Å². The van der Waals surface area contributed by atoms with E-state index in [1.807, 2.05) is 17.8 Å². The minimum absolute atomic E-state index is 0.0756. The summed E-state index contributed by atoms with van der Waals surface area (Å²) in [5, 5.41) is 4.58. The van der Waals surface area contributed by atoms with Gasteiger partial charge in [-0.1, -0.05) is 11.6 Å². The lowest BCUT2D eigenvalue weighted by atomic mass is 9.85. The molecule has 1 atom stereocenters. The number of rotatable bonds is 3. The molecule has 1 amide bonds. The van der Waals surface area contributed by atoms with Gasteiger partial charge in [-0.15, -0.1) is 11.8 Å². The molecule has 0 saturated heterocycles. The third kappa shape index (κ3) is 3.55. The van der Waals surface area contributed by atoms with Gasteiger partial charge in [-0.3, -0.25) is 4.79 Å². The van der Waals surface area contributed by atoms with Crippen LogP contribution in [0.25, 0.3) is 0 Å². The van der Waals surface area contributed by atoms with E-state index in [4.69, 9.17) is 17.3 Å². The van der Waals surface area contributed by atoms with E-state index in [2.05, 4.69) is 17.4 Å². The van der Waals surface area contributed by atoms with Gasteiger partial charge in [-0.25, -0.2) is 0 Å². The Kier molecular flexibility index (Phi) is 4.77. The van der Waals surface area contributed by atoms with E-state index in [-0.39, 0.29) is 11.8 Å². The van der Waals surface area contributed by atoms with Crippen molar-refractivity contribution >= 4 is 29.3 Å². The van der Waals surface area contributed by atoms with E-state index < -0.39 is 0 Å². The van der Waals surface area contributed by atoms with E-state index in [1.54, 1.807) is 0 Å². The van der Waals surface area contributed by atoms with Crippen molar-refractivity contribution in [3.63, 3.8) is 0 Å². The molecule has 1 aliphatic carbocycles. The molecule has 1 aromatic rings. The Balaban J connectivity index is 1.65. The highest BCUT2D eigenvalue weighted by Gasteiger charge is 2.28. The number of nitrogens with one attached hydrogen (secondary N) is 1. The Morgan fingerprint density at radius 2 is 2.00 bits per heavy atom. The van der Waals surface area contributed by atoms with Crippen LogP contribution in [-0.4, -0.2) is 17.7 Å². The van der Waals surface area contributed by atoms with Crippen molar-refractivity contribution < 1.29 is 4.79 Å². The number of nitrogens with two attached hydrogens (primary N) is 1. The summed E-state index contributed by atoms with van der Waals surface area (Å²) in [5.41, 5.74) is 6.73. The molecule has 1 fully saturated rings. The van der Waals surface area contributed by atoms with Gasteiger partial charge in [0, 0.05) is 27.9 Å². The highest BCUT2D eigenvalue weighted by Crippen LogP contribution is 2.38. The zero-order valence-electron chi connectivity index (χ0n) is 12.0. The minimum atomic E-state index is -0.139. The van der Waals surface area contributed by atoms with Crippen LogP contribution in [-0.2, 0) is 4.79 Å². The van der Waals surface area contributed by atoms with Crippen molar-refractivity contribution in [1.29, 1.82) is 0 Å². The summed E-state index contributed by atoms with van der Waals surface area (Å²) >= 11 is 8.06. The van der Waals surface area contributed by atoms with Crippen LogP contribution in [0, 0.1) is 5.92 Å². The normalized spacial score (nSPS) is 28.9. The second-order valence-corrected chi connectivity index (χ2v) is 7.56. The van der Waals surface area contributed by atoms with Gasteiger partial charge >= 0.3 is 0 Å². The van der Waals surface area contributed by atoms with E-state index in [9.17, 15) is 4.79 Å². The van der Waals surface area contributed by atoms with Gasteiger partial charge in [-0.2, -0.15) is 0 Å². The standard InChI is InChI=1S/C16H21ClN2OS/c17-11-3-6-15-13(9-11)14(7-8-21-15)19-12-4-1-10(2-5-12)16(18)20/h3,6,9-10,12,14,19H,1-2,4-5,7-8H2,(H2,18,20). The zero-order chi connectivity index (χ0) is 14.8. The summed E-state index contributed by atoms with van der Waals surface area (Å²) in [6.45, 7) is 0. The number of carbonyl (C=O) groups is 1. The van der Waals surface area contributed by atoms with Crippen molar-refractivity contribution in [2.45, 2.75) is 49.1 Å². The lowest BCUT2D eigenvalue weighted by Crippen LogP contribution is -2.39. The maximum atomic E-state index is 11.2. The van der Waals surface area contributed by atoms with Crippen molar-refractivity contribution in [2.24, 2.45) is 11.7 Å². The van der Waals surface area contributed by atoms with Crippen LogP contribution in [0.4, 0.5) is 0 Å². The van der Waals surface area contributed by atoms with Gasteiger partial charge in [0.05, 0.1) is 0 Å². The summed E-state index contributed by atoms with van der Waals surface area (Å²) in [4.78, 5) is 12.6. The van der Waals surface area contributed by atoms with Gasteiger partial charge in [0.15, 0.2) is 0 Å². The second kappa shape index (κ2) is 6.59. The zero-order valence-corrected chi connectivity index (χ0v) is 13.6. The number of amides is 1. The van der Waals surface area contributed by atoms with E-state index in [1.165, 1.54) is 10.5 Å². The van der Waals surface area contributed by atoms with Gasteiger partial charge in [-0.05, 0) is 61.6 Å². The van der Waals surface area contributed by atoms with Crippen LogP contribution in [0.3, 0.4) is 0 Å². The molecule has 3 rings (SSSR count). The fourth-order valence-electron chi connectivity index (χ4n) is 3.37. The SMILES string of the molecule is NC(=O)C1CCC(NC2CCSc3ccc(Cl)cc32)CC1. The monoisotopic (exact) mass is 324 g/mol. The fourth-order valence-corrected chi connectivity index (χ4v) is 4.65. The van der Waals surface area contributed by atoms with Crippen molar-refractivity contribution in [2.75, 3.05) is 5.75 Å². The largest absolute Gasteiger partial charge is 0.369 e. The Labute approximate surface area is 135 Å². The molecule has 3 nitrogen and oxygen atoms in total. The Hall–Kier alpha value is -0.710. The quantitative estimate of drug-likeness (QED) is 0.894. The summed E-state index contributed by atoms with van der Waals surface area (Å²) in [5.74, 6) is 1.08. The molecule has 21 heavy (non-hydrogen) atoms. The highest BCUT2D eigenvalue weighted by molar-refractivity contribution is 7.99. The van der Waals surface area contributed by atoms with Gasteiger partial charge in [0.1, 0.15) is 0 Å². The number of primary amides is 1. The third-order valence-corrected chi connectivity index (χ3v) is 5.94. The summed E-state index contributed by atoms with van der Waals surface area (Å²) < 4.78 is 0. The first-order valence-electron chi connectivity index (χ1n) is 7.61. The molecule has 2 aliphatic rings. The van der Waals surface area contributed by atoms with Crippen LogP contribution >= 0.6 is 23.4 Å². The number of hydrogen-bond acceptors (Lipinski definition) is 3. The maximum absolute atomic E-state index is 11.2. The molecular weight excluding hydrogens is 304 g/mol. The second-order valence-electron chi connectivity index (χ2n) is 5.99. The molecule has 1 unspecified atom stereocenters. The summed E-state index contributed by atoms with van der Waals surface area (Å²) in [7, 11) is 0.